The van der Waals surface area contributed by atoms with Gasteiger partial charge in [0.15, 0.2) is 0 Å². The average molecular weight is 189 g/mol. The summed E-state index contributed by atoms with van der Waals surface area (Å²) < 4.78 is 0. The number of nitrogens with one attached hydrogen (secondary N) is 1. The zero-order valence-electron chi connectivity index (χ0n) is 7.15. The van der Waals surface area contributed by atoms with Gasteiger partial charge in [-0.1, -0.05) is 0 Å². The molecule has 2 aromatic rings. The van der Waals surface area contributed by atoms with Gasteiger partial charge in [-0.05, 0) is 24.3 Å². The number of carboxylic acids is 1. The Morgan fingerprint density at radius 2 is 2.00 bits per heavy atom. The summed E-state index contributed by atoms with van der Waals surface area (Å²) in [5.74, 6) is -2.31. The fourth-order valence-electron chi connectivity index (χ4n) is 1.32. The number of aliphatic carboxylic acids is 1. The molecule has 2 N–H and O–H groups in total. The summed E-state index contributed by atoms with van der Waals surface area (Å²) in [6.07, 6.45) is 1.74. The molecular weight excluding hydrogens is 182 g/mol. The van der Waals surface area contributed by atoms with Crippen LogP contribution in [0, 0.1) is 0 Å². The third kappa shape index (κ3) is 1.26. The van der Waals surface area contributed by atoms with Crippen LogP contribution in [0.15, 0.2) is 30.5 Å². The summed E-state index contributed by atoms with van der Waals surface area (Å²) in [7, 11) is 0. The van der Waals surface area contributed by atoms with Gasteiger partial charge in [0, 0.05) is 22.7 Å². The van der Waals surface area contributed by atoms with Crippen LogP contribution >= 0.6 is 0 Å². The van der Waals surface area contributed by atoms with Crippen LogP contribution < -0.4 is 0 Å². The maximum atomic E-state index is 11.1. The highest BCUT2D eigenvalue weighted by Crippen LogP contribution is 2.14. The van der Waals surface area contributed by atoms with Crippen LogP contribution in [-0.2, 0) is 4.79 Å². The number of hydrogen-bond donors (Lipinski definition) is 2. The lowest BCUT2D eigenvalue weighted by atomic mass is 10.1. The predicted octanol–water partition coefficient (Wildman–Crippen LogP) is 1.44. The summed E-state index contributed by atoms with van der Waals surface area (Å²) >= 11 is 0. The molecule has 1 aromatic heterocycles. The number of carbonyl (C=O) groups excluding carboxylic acids is 1. The molecule has 1 heterocycles. The molecule has 0 saturated carbocycles. The smallest absolute Gasteiger partial charge is 0.377 e. The lowest BCUT2D eigenvalue weighted by molar-refractivity contribution is -0.131. The highest BCUT2D eigenvalue weighted by atomic mass is 16.4. The second kappa shape index (κ2) is 2.99. The van der Waals surface area contributed by atoms with E-state index in [9.17, 15) is 9.59 Å². The Morgan fingerprint density at radius 1 is 1.21 bits per heavy atom. The van der Waals surface area contributed by atoms with Crippen molar-refractivity contribution in [2.75, 3.05) is 0 Å². The van der Waals surface area contributed by atoms with Crippen molar-refractivity contribution < 1.29 is 14.7 Å². The Kier molecular flexibility index (Phi) is 1.81. The molecule has 0 radical (unpaired) electrons. The molecule has 0 bridgehead atoms. The second-order valence-corrected chi connectivity index (χ2v) is 2.91. The fraction of sp³-hybridized carbons (Fsp3) is 0. The van der Waals surface area contributed by atoms with Crippen LogP contribution in [0.5, 0.6) is 0 Å². The molecule has 0 unspecified atom stereocenters. The third-order valence-electron chi connectivity index (χ3n) is 2.01. The monoisotopic (exact) mass is 189 g/mol. The van der Waals surface area contributed by atoms with Crippen molar-refractivity contribution in [1.82, 2.24) is 4.98 Å². The molecule has 0 atom stereocenters. The lowest BCUT2D eigenvalue weighted by Crippen LogP contribution is -2.12. The zero-order chi connectivity index (χ0) is 10.1. The maximum absolute atomic E-state index is 11.1. The van der Waals surface area contributed by atoms with Crippen LogP contribution in [-0.4, -0.2) is 21.8 Å². The van der Waals surface area contributed by atoms with E-state index in [0.29, 0.717) is 0 Å². The van der Waals surface area contributed by atoms with Crippen molar-refractivity contribution in [3.8, 4) is 0 Å². The number of Topliss-reactive ketones (excluding diaryl/α,β-unsaturated/α-hetero) is 1. The number of carboxylic acid groups (broad SMARTS) is 1. The van der Waals surface area contributed by atoms with E-state index in [1.807, 2.05) is 0 Å². The van der Waals surface area contributed by atoms with Crippen molar-refractivity contribution in [3.63, 3.8) is 0 Å². The number of aromatic amines is 1. The Hall–Kier alpha value is -2.10. The zero-order valence-corrected chi connectivity index (χ0v) is 7.15. The Morgan fingerprint density at radius 3 is 2.71 bits per heavy atom. The SMILES string of the molecule is O=C(O)C(=O)c1ccc2[nH]ccc2c1. The van der Waals surface area contributed by atoms with Gasteiger partial charge < -0.3 is 10.1 Å². The minimum absolute atomic E-state index is 0.199. The summed E-state index contributed by atoms with van der Waals surface area (Å²) in [5.41, 5.74) is 1.08. The van der Waals surface area contributed by atoms with E-state index in [0.717, 1.165) is 10.9 Å². The molecule has 0 amide bonds. The molecule has 0 aliphatic rings. The van der Waals surface area contributed by atoms with E-state index < -0.39 is 11.8 Å². The molecule has 0 saturated heterocycles. The first-order valence-electron chi connectivity index (χ1n) is 4.03. The van der Waals surface area contributed by atoms with E-state index >= 15 is 0 Å². The van der Waals surface area contributed by atoms with Gasteiger partial charge in [0.1, 0.15) is 0 Å². The normalized spacial score (nSPS) is 10.3. The van der Waals surface area contributed by atoms with Crippen LogP contribution in [0.4, 0.5) is 0 Å². The maximum Gasteiger partial charge on any atom is 0.377 e. The van der Waals surface area contributed by atoms with Gasteiger partial charge in [0.05, 0.1) is 0 Å². The molecule has 70 valence electrons. The molecule has 0 fully saturated rings. The summed E-state index contributed by atoms with van der Waals surface area (Å²) in [6, 6.07) is 6.52. The molecule has 4 nitrogen and oxygen atoms in total. The second-order valence-electron chi connectivity index (χ2n) is 2.91. The van der Waals surface area contributed by atoms with Gasteiger partial charge in [-0.15, -0.1) is 0 Å². The molecule has 0 aliphatic heterocycles. The van der Waals surface area contributed by atoms with Crippen molar-refractivity contribution in [1.29, 1.82) is 0 Å². The van der Waals surface area contributed by atoms with Gasteiger partial charge in [-0.25, -0.2) is 4.79 Å². The van der Waals surface area contributed by atoms with Crippen molar-refractivity contribution in [2.45, 2.75) is 0 Å². The minimum atomic E-state index is -1.43. The first kappa shape index (κ1) is 8.50. The topological polar surface area (TPSA) is 70.2 Å². The third-order valence-corrected chi connectivity index (χ3v) is 2.01. The summed E-state index contributed by atoms with van der Waals surface area (Å²) in [5, 5.41) is 9.33. The van der Waals surface area contributed by atoms with E-state index in [4.69, 9.17) is 5.11 Å². The first-order chi connectivity index (χ1) is 6.68. The van der Waals surface area contributed by atoms with Gasteiger partial charge in [0.25, 0.3) is 5.78 Å². The molecule has 1 aromatic carbocycles. The quantitative estimate of drug-likeness (QED) is 0.554. The molecule has 2 rings (SSSR count). The largest absolute Gasteiger partial charge is 0.475 e. The van der Waals surface area contributed by atoms with Crippen molar-refractivity contribution in [3.05, 3.63) is 36.0 Å². The van der Waals surface area contributed by atoms with E-state index in [2.05, 4.69) is 4.98 Å². The highest BCUT2D eigenvalue weighted by molar-refractivity contribution is 6.40. The molecule has 14 heavy (non-hydrogen) atoms. The van der Waals surface area contributed by atoms with Crippen LogP contribution in [0.2, 0.25) is 0 Å². The predicted molar refractivity (Wildman–Crippen MR) is 50.3 cm³/mol. The molecule has 4 heteroatoms. The van der Waals surface area contributed by atoms with Crippen LogP contribution in [0.25, 0.3) is 10.9 Å². The highest BCUT2D eigenvalue weighted by Gasteiger charge is 2.14. The first-order valence-corrected chi connectivity index (χ1v) is 4.03. The number of ketones is 1. The average Bonchev–Trinajstić information content (AvgIpc) is 2.62. The Bertz CT molecular complexity index is 513. The van der Waals surface area contributed by atoms with Gasteiger partial charge in [-0.2, -0.15) is 0 Å². The molecule has 0 spiro atoms. The van der Waals surface area contributed by atoms with Crippen LogP contribution in [0.1, 0.15) is 10.4 Å². The minimum Gasteiger partial charge on any atom is -0.475 e. The number of rotatable bonds is 2. The van der Waals surface area contributed by atoms with Gasteiger partial charge in [0.2, 0.25) is 0 Å². The van der Waals surface area contributed by atoms with Gasteiger partial charge in [-0.3, -0.25) is 4.79 Å². The number of fused-ring (bicyclic) bond motifs is 1. The molecule has 0 aliphatic carbocycles. The summed E-state index contributed by atoms with van der Waals surface area (Å²) in [4.78, 5) is 24.5. The van der Waals surface area contributed by atoms with E-state index in [-0.39, 0.29) is 5.56 Å². The van der Waals surface area contributed by atoms with E-state index in [1.165, 1.54) is 6.07 Å². The van der Waals surface area contributed by atoms with Crippen LogP contribution in [0.3, 0.4) is 0 Å². The van der Waals surface area contributed by atoms with E-state index in [1.54, 1.807) is 24.4 Å². The van der Waals surface area contributed by atoms with Crippen molar-refractivity contribution >= 4 is 22.7 Å². The number of aromatic nitrogens is 1. The number of carbonyl (C=O) groups is 2. The number of H-pyrrole nitrogens is 1. The summed E-state index contributed by atoms with van der Waals surface area (Å²) in [6.45, 7) is 0. The van der Waals surface area contributed by atoms with Crippen molar-refractivity contribution in [2.24, 2.45) is 0 Å². The number of benzene rings is 1. The Labute approximate surface area is 79.2 Å². The number of hydrogen-bond acceptors (Lipinski definition) is 2. The molecular formula is C10H7NO3. The lowest BCUT2D eigenvalue weighted by Gasteiger charge is -1.95. The Balaban J connectivity index is 2.54. The standard InChI is InChI=1S/C10H7NO3/c12-9(10(13)14)7-1-2-8-6(5-7)3-4-11-8/h1-5,11H,(H,13,14). The fourth-order valence-corrected chi connectivity index (χ4v) is 1.32. The van der Waals surface area contributed by atoms with Gasteiger partial charge >= 0.3 is 5.97 Å².